The number of benzene rings is 1. The van der Waals surface area contributed by atoms with E-state index in [9.17, 15) is 14.4 Å². The highest BCUT2D eigenvalue weighted by Crippen LogP contribution is 2.24. The molecular formula is C17H20N2O3. The molecule has 116 valence electrons. The average molecular weight is 300 g/mol. The van der Waals surface area contributed by atoms with Gasteiger partial charge in [-0.2, -0.15) is 0 Å². The van der Waals surface area contributed by atoms with Crippen LogP contribution in [0, 0.1) is 5.92 Å². The van der Waals surface area contributed by atoms with Gasteiger partial charge >= 0.3 is 0 Å². The Hall–Kier alpha value is -2.17. The molecule has 2 fully saturated rings. The summed E-state index contributed by atoms with van der Waals surface area (Å²) >= 11 is 0. The largest absolute Gasteiger partial charge is 0.349 e. The van der Waals surface area contributed by atoms with Gasteiger partial charge in [-0.1, -0.05) is 12.8 Å². The molecule has 5 nitrogen and oxygen atoms in total. The third-order valence-corrected chi connectivity index (χ3v) is 4.42. The first-order chi connectivity index (χ1) is 10.6. The van der Waals surface area contributed by atoms with Gasteiger partial charge in [-0.25, -0.2) is 0 Å². The van der Waals surface area contributed by atoms with Crippen LogP contribution < -0.4 is 10.6 Å². The SMILES string of the molecule is O=C1CC(C(=O)Nc2ccc(C(=O)NC3CCCC3)cc2)C1. The quantitative estimate of drug-likeness (QED) is 0.895. The maximum atomic E-state index is 12.1. The standard InChI is InChI=1S/C17H20N2O3/c20-15-9-12(10-15)17(22)19-14-7-5-11(6-8-14)16(21)18-13-3-1-2-4-13/h5-8,12-13H,1-4,9-10H2,(H,18,21)(H,19,22). The van der Waals surface area contributed by atoms with Crippen molar-refractivity contribution in [3.63, 3.8) is 0 Å². The van der Waals surface area contributed by atoms with E-state index in [2.05, 4.69) is 10.6 Å². The Morgan fingerprint density at radius 2 is 1.64 bits per heavy atom. The topological polar surface area (TPSA) is 75.3 Å². The van der Waals surface area contributed by atoms with Gasteiger partial charge in [0.15, 0.2) is 0 Å². The molecule has 5 heteroatoms. The number of anilines is 1. The fraction of sp³-hybridized carbons (Fsp3) is 0.471. The van der Waals surface area contributed by atoms with Crippen molar-refractivity contribution in [2.75, 3.05) is 5.32 Å². The van der Waals surface area contributed by atoms with Gasteiger partial charge in [0.05, 0.1) is 5.92 Å². The fourth-order valence-electron chi connectivity index (χ4n) is 2.96. The van der Waals surface area contributed by atoms with Crippen LogP contribution in [0.5, 0.6) is 0 Å². The summed E-state index contributed by atoms with van der Waals surface area (Å²) in [5.74, 6) is -0.242. The molecule has 1 aromatic rings. The number of rotatable bonds is 4. The molecule has 2 aliphatic carbocycles. The summed E-state index contributed by atoms with van der Waals surface area (Å²) in [5, 5.41) is 5.81. The monoisotopic (exact) mass is 300 g/mol. The molecule has 0 bridgehead atoms. The third kappa shape index (κ3) is 3.35. The van der Waals surface area contributed by atoms with Crippen molar-refractivity contribution >= 4 is 23.3 Å². The van der Waals surface area contributed by atoms with Crippen molar-refractivity contribution in [1.82, 2.24) is 5.32 Å². The van der Waals surface area contributed by atoms with Crippen molar-refractivity contribution in [3.05, 3.63) is 29.8 Å². The van der Waals surface area contributed by atoms with Crippen LogP contribution >= 0.6 is 0 Å². The minimum absolute atomic E-state index is 0.0608. The zero-order valence-corrected chi connectivity index (χ0v) is 12.4. The Labute approximate surface area is 129 Å². The lowest BCUT2D eigenvalue weighted by molar-refractivity contribution is -0.135. The highest BCUT2D eigenvalue weighted by atomic mass is 16.2. The van der Waals surface area contributed by atoms with Crippen LogP contribution in [0.25, 0.3) is 0 Å². The molecule has 2 N–H and O–H groups in total. The van der Waals surface area contributed by atoms with E-state index in [0.29, 0.717) is 30.1 Å². The summed E-state index contributed by atoms with van der Waals surface area (Å²) in [7, 11) is 0. The number of amides is 2. The van der Waals surface area contributed by atoms with Crippen molar-refractivity contribution < 1.29 is 14.4 Å². The van der Waals surface area contributed by atoms with Crippen molar-refractivity contribution in [3.8, 4) is 0 Å². The summed E-state index contributed by atoms with van der Waals surface area (Å²) in [6, 6.07) is 7.17. The molecule has 0 atom stereocenters. The van der Waals surface area contributed by atoms with Gasteiger partial charge in [0.2, 0.25) is 5.91 Å². The molecule has 0 spiro atoms. The van der Waals surface area contributed by atoms with Gasteiger partial charge in [-0.3, -0.25) is 14.4 Å². The zero-order chi connectivity index (χ0) is 15.5. The smallest absolute Gasteiger partial charge is 0.251 e. The Kier molecular flexibility index (Phi) is 4.22. The Bertz CT molecular complexity index is 580. The molecule has 0 unspecified atom stereocenters. The van der Waals surface area contributed by atoms with Gasteiger partial charge < -0.3 is 10.6 Å². The lowest BCUT2D eigenvalue weighted by Gasteiger charge is -2.22. The molecule has 0 saturated heterocycles. The van der Waals surface area contributed by atoms with Crippen LogP contribution in [0.15, 0.2) is 24.3 Å². The second-order valence-corrected chi connectivity index (χ2v) is 6.17. The van der Waals surface area contributed by atoms with Crippen LogP contribution in [0.1, 0.15) is 48.9 Å². The van der Waals surface area contributed by atoms with Gasteiger partial charge in [0, 0.05) is 30.1 Å². The van der Waals surface area contributed by atoms with Crippen molar-refractivity contribution in [2.45, 2.75) is 44.6 Å². The third-order valence-electron chi connectivity index (χ3n) is 4.42. The summed E-state index contributed by atoms with van der Waals surface area (Å²) in [6.07, 6.45) is 5.15. The van der Waals surface area contributed by atoms with Gasteiger partial charge in [-0.05, 0) is 37.1 Å². The first-order valence-electron chi connectivity index (χ1n) is 7.85. The van der Waals surface area contributed by atoms with Gasteiger partial charge in [0.1, 0.15) is 5.78 Å². The van der Waals surface area contributed by atoms with E-state index in [-0.39, 0.29) is 23.5 Å². The van der Waals surface area contributed by atoms with E-state index < -0.39 is 0 Å². The highest BCUT2D eigenvalue weighted by Gasteiger charge is 2.32. The minimum atomic E-state index is -0.196. The van der Waals surface area contributed by atoms with Crippen LogP contribution in [-0.2, 0) is 9.59 Å². The molecule has 0 aromatic heterocycles. The number of carbonyl (C=O) groups is 3. The van der Waals surface area contributed by atoms with Crippen molar-refractivity contribution in [2.24, 2.45) is 5.92 Å². The lowest BCUT2D eigenvalue weighted by atomic mass is 9.83. The van der Waals surface area contributed by atoms with E-state index >= 15 is 0 Å². The minimum Gasteiger partial charge on any atom is -0.349 e. The molecule has 2 aliphatic rings. The lowest BCUT2D eigenvalue weighted by Crippen LogP contribution is -2.34. The zero-order valence-electron chi connectivity index (χ0n) is 12.4. The maximum Gasteiger partial charge on any atom is 0.251 e. The molecule has 2 saturated carbocycles. The first-order valence-corrected chi connectivity index (χ1v) is 7.85. The Morgan fingerprint density at radius 1 is 1.00 bits per heavy atom. The normalized spacial score (nSPS) is 18.8. The van der Waals surface area contributed by atoms with E-state index in [0.717, 1.165) is 12.8 Å². The summed E-state index contributed by atoms with van der Waals surface area (Å²) in [4.78, 5) is 34.8. The van der Waals surface area contributed by atoms with E-state index in [1.807, 2.05) is 0 Å². The molecule has 0 radical (unpaired) electrons. The number of Topliss-reactive ketones (excluding diaryl/α,β-unsaturated/α-hetero) is 1. The van der Waals surface area contributed by atoms with E-state index in [4.69, 9.17) is 0 Å². The van der Waals surface area contributed by atoms with Crippen LogP contribution in [0.4, 0.5) is 5.69 Å². The van der Waals surface area contributed by atoms with Crippen LogP contribution in [0.3, 0.4) is 0 Å². The summed E-state index contributed by atoms with van der Waals surface area (Å²) in [6.45, 7) is 0. The van der Waals surface area contributed by atoms with Gasteiger partial charge in [0.25, 0.3) is 5.91 Å². The number of hydrogen-bond acceptors (Lipinski definition) is 3. The molecule has 2 amide bonds. The predicted molar refractivity (Wildman–Crippen MR) is 82.5 cm³/mol. The molecule has 0 heterocycles. The van der Waals surface area contributed by atoms with E-state index in [1.165, 1.54) is 12.8 Å². The van der Waals surface area contributed by atoms with E-state index in [1.54, 1.807) is 24.3 Å². The second-order valence-electron chi connectivity index (χ2n) is 6.17. The number of hydrogen-bond donors (Lipinski definition) is 2. The predicted octanol–water partition coefficient (Wildman–Crippen LogP) is 2.28. The molecule has 22 heavy (non-hydrogen) atoms. The highest BCUT2D eigenvalue weighted by molar-refractivity contribution is 6.02. The van der Waals surface area contributed by atoms with Gasteiger partial charge in [-0.15, -0.1) is 0 Å². The summed E-state index contributed by atoms with van der Waals surface area (Å²) in [5.41, 5.74) is 1.26. The number of carbonyl (C=O) groups excluding carboxylic acids is 3. The Balaban J connectivity index is 1.54. The molecule has 1 aromatic carbocycles. The Morgan fingerprint density at radius 3 is 2.23 bits per heavy atom. The maximum absolute atomic E-state index is 12.1. The summed E-state index contributed by atoms with van der Waals surface area (Å²) < 4.78 is 0. The van der Waals surface area contributed by atoms with Crippen LogP contribution in [0.2, 0.25) is 0 Å². The molecular weight excluding hydrogens is 280 g/mol. The van der Waals surface area contributed by atoms with Crippen molar-refractivity contribution in [1.29, 1.82) is 0 Å². The molecule has 3 rings (SSSR count). The van der Waals surface area contributed by atoms with Crippen LogP contribution in [-0.4, -0.2) is 23.6 Å². The molecule has 0 aliphatic heterocycles. The average Bonchev–Trinajstić information content (AvgIpc) is 2.97. The first kappa shape index (κ1) is 14.8. The number of nitrogens with one attached hydrogen (secondary N) is 2. The second kappa shape index (κ2) is 6.30. The fourth-order valence-corrected chi connectivity index (χ4v) is 2.96. The number of ketones is 1.